The smallest absolute Gasteiger partial charge is 0.254 e. The molecule has 0 spiro atoms. The Hall–Kier alpha value is -4.27. The van der Waals surface area contributed by atoms with Crippen LogP contribution in [0.2, 0.25) is 0 Å². The Kier molecular flexibility index (Phi) is 7.86. The van der Waals surface area contributed by atoms with Crippen molar-refractivity contribution in [3.8, 4) is 0 Å². The molecular formula is C30H35N7O2. The van der Waals surface area contributed by atoms with Gasteiger partial charge in [-0.15, -0.1) is 0 Å². The van der Waals surface area contributed by atoms with Gasteiger partial charge in [0.1, 0.15) is 18.2 Å². The third kappa shape index (κ3) is 6.25. The Morgan fingerprint density at radius 1 is 1.00 bits per heavy atom. The number of hydrogen-bond donors (Lipinski definition) is 2. The Morgan fingerprint density at radius 2 is 1.72 bits per heavy atom. The average Bonchev–Trinajstić information content (AvgIpc) is 3.39. The first-order valence-electron chi connectivity index (χ1n) is 13.5. The number of piperidine rings is 1. The van der Waals surface area contributed by atoms with Crippen molar-refractivity contribution < 1.29 is 9.59 Å². The highest BCUT2D eigenvalue weighted by atomic mass is 16.2. The Morgan fingerprint density at radius 3 is 2.41 bits per heavy atom. The molecule has 39 heavy (non-hydrogen) atoms. The van der Waals surface area contributed by atoms with Crippen LogP contribution in [0, 0.1) is 13.8 Å². The van der Waals surface area contributed by atoms with Gasteiger partial charge in [-0.1, -0.05) is 60.2 Å². The number of amides is 2. The first-order chi connectivity index (χ1) is 18.9. The summed E-state index contributed by atoms with van der Waals surface area (Å²) >= 11 is 0. The van der Waals surface area contributed by atoms with Gasteiger partial charge >= 0.3 is 0 Å². The van der Waals surface area contributed by atoms with Gasteiger partial charge in [0, 0.05) is 50.2 Å². The van der Waals surface area contributed by atoms with E-state index in [1.54, 1.807) is 6.33 Å². The minimum absolute atomic E-state index is 0.0229. The molecular weight excluding hydrogens is 490 g/mol. The highest BCUT2D eigenvalue weighted by molar-refractivity contribution is 5.87. The summed E-state index contributed by atoms with van der Waals surface area (Å²) in [5, 5.41) is 10.5. The van der Waals surface area contributed by atoms with Crippen molar-refractivity contribution >= 4 is 23.4 Å². The fourth-order valence-electron chi connectivity index (χ4n) is 5.25. The zero-order chi connectivity index (χ0) is 27.4. The van der Waals surface area contributed by atoms with Crippen LogP contribution in [-0.2, 0) is 22.4 Å². The molecule has 0 unspecified atom stereocenters. The molecule has 1 atom stereocenters. The quantitative estimate of drug-likeness (QED) is 0.366. The van der Waals surface area contributed by atoms with Gasteiger partial charge in [-0.2, -0.15) is 14.6 Å². The molecule has 9 nitrogen and oxygen atoms in total. The lowest BCUT2D eigenvalue weighted by Gasteiger charge is -2.35. The number of aromatic nitrogens is 4. The van der Waals surface area contributed by atoms with Crippen LogP contribution in [0.5, 0.6) is 0 Å². The van der Waals surface area contributed by atoms with Gasteiger partial charge in [0.15, 0.2) is 0 Å². The average molecular weight is 526 g/mol. The van der Waals surface area contributed by atoms with Crippen LogP contribution >= 0.6 is 0 Å². The lowest BCUT2D eigenvalue weighted by atomic mass is 10.00. The number of benzene rings is 2. The summed E-state index contributed by atoms with van der Waals surface area (Å²) in [7, 11) is 0. The minimum atomic E-state index is -0.613. The fourth-order valence-corrected chi connectivity index (χ4v) is 5.25. The van der Waals surface area contributed by atoms with E-state index in [-0.39, 0.29) is 17.9 Å². The van der Waals surface area contributed by atoms with E-state index in [9.17, 15) is 9.59 Å². The number of nitrogens with one attached hydrogen (secondary N) is 2. The molecule has 2 aromatic carbocycles. The molecule has 2 aromatic heterocycles. The van der Waals surface area contributed by atoms with Crippen LogP contribution in [0.25, 0.3) is 5.78 Å². The number of carbonyl (C=O) groups excluding carboxylic acids is 2. The maximum absolute atomic E-state index is 13.2. The van der Waals surface area contributed by atoms with E-state index in [1.807, 2.05) is 60.8 Å². The third-order valence-corrected chi connectivity index (χ3v) is 7.32. The zero-order valence-corrected chi connectivity index (χ0v) is 22.7. The van der Waals surface area contributed by atoms with Crippen LogP contribution in [0.3, 0.4) is 0 Å². The van der Waals surface area contributed by atoms with E-state index in [0.717, 1.165) is 60.6 Å². The second-order valence-electron chi connectivity index (χ2n) is 10.3. The second kappa shape index (κ2) is 11.6. The summed E-state index contributed by atoms with van der Waals surface area (Å²) < 4.78 is 1.83. The van der Waals surface area contributed by atoms with Crippen LogP contribution in [-0.4, -0.2) is 56.6 Å². The second-order valence-corrected chi connectivity index (χ2v) is 10.3. The van der Waals surface area contributed by atoms with Crippen LogP contribution in [0.15, 0.2) is 60.9 Å². The van der Waals surface area contributed by atoms with Crippen LogP contribution < -0.4 is 15.5 Å². The molecule has 0 saturated carbocycles. The minimum Gasteiger partial charge on any atom is -0.356 e. The first kappa shape index (κ1) is 26.3. The van der Waals surface area contributed by atoms with Crippen LogP contribution in [0.1, 0.15) is 47.7 Å². The number of hydrogen-bond acceptors (Lipinski definition) is 6. The highest BCUT2D eigenvalue weighted by Gasteiger charge is 2.28. The monoisotopic (exact) mass is 525 g/mol. The van der Waals surface area contributed by atoms with Gasteiger partial charge in [-0.25, -0.2) is 4.98 Å². The van der Waals surface area contributed by atoms with Crippen LogP contribution in [0.4, 0.5) is 5.82 Å². The molecule has 9 heteroatoms. The molecule has 2 amide bonds. The highest BCUT2D eigenvalue weighted by Crippen LogP contribution is 2.28. The van der Waals surface area contributed by atoms with Gasteiger partial charge in [-0.05, 0) is 37.8 Å². The molecule has 0 radical (unpaired) electrons. The fraction of sp³-hybridized carbons (Fsp3) is 0.367. The van der Waals surface area contributed by atoms with E-state index in [4.69, 9.17) is 4.98 Å². The lowest BCUT2D eigenvalue weighted by Crippen LogP contribution is -2.52. The summed E-state index contributed by atoms with van der Waals surface area (Å²) in [4.78, 5) is 36.5. The summed E-state index contributed by atoms with van der Waals surface area (Å²) in [6.07, 6.45) is 4.31. The summed E-state index contributed by atoms with van der Waals surface area (Å²) in [5.41, 5.74) is 5.46. The van der Waals surface area contributed by atoms with Crippen molar-refractivity contribution in [2.45, 2.75) is 58.5 Å². The van der Waals surface area contributed by atoms with E-state index in [1.165, 1.54) is 12.5 Å². The van der Waals surface area contributed by atoms with Crippen molar-refractivity contribution in [3.05, 3.63) is 88.9 Å². The maximum Gasteiger partial charge on any atom is 0.254 e. The Balaban J connectivity index is 1.29. The van der Waals surface area contributed by atoms with Gasteiger partial charge in [0.2, 0.25) is 11.8 Å². The van der Waals surface area contributed by atoms with Gasteiger partial charge in [-0.3, -0.25) is 9.59 Å². The maximum atomic E-state index is 13.2. The molecule has 2 N–H and O–H groups in total. The topological polar surface area (TPSA) is 105 Å². The van der Waals surface area contributed by atoms with Gasteiger partial charge < -0.3 is 15.5 Å². The Bertz CT molecular complexity index is 1440. The van der Waals surface area contributed by atoms with Crippen molar-refractivity contribution in [2.75, 3.05) is 18.0 Å². The predicted molar refractivity (Wildman–Crippen MR) is 151 cm³/mol. The zero-order valence-electron chi connectivity index (χ0n) is 22.7. The van der Waals surface area contributed by atoms with Gasteiger partial charge in [0.25, 0.3) is 5.78 Å². The summed E-state index contributed by atoms with van der Waals surface area (Å²) in [5.74, 6) is 1.24. The number of anilines is 1. The van der Waals surface area contributed by atoms with Crippen molar-refractivity contribution in [1.29, 1.82) is 0 Å². The van der Waals surface area contributed by atoms with Crippen molar-refractivity contribution in [3.63, 3.8) is 0 Å². The Labute approximate surface area is 228 Å². The van der Waals surface area contributed by atoms with Gasteiger partial charge in [0.05, 0.1) is 0 Å². The molecule has 1 fully saturated rings. The molecule has 4 aromatic rings. The molecule has 1 aliphatic rings. The number of fused-ring (bicyclic) bond motifs is 1. The summed E-state index contributed by atoms with van der Waals surface area (Å²) in [6.45, 7) is 7.02. The molecule has 202 valence electrons. The molecule has 0 aliphatic carbocycles. The molecule has 1 aliphatic heterocycles. The standard InChI is InChI=1S/C30H35N7O2/c1-20-9-11-24(12-10-20)18-27(34-22(3)38)28(39)35-25-13-15-36(16-14-25)29-26(17-23-7-5-4-6-8-23)21(2)33-30-31-19-32-37(29)30/h4-12,19,25,27H,13-18H2,1-3H3,(H,34,38)(H,35,39)/t27-/m0/s1. The van der Waals surface area contributed by atoms with Crippen molar-refractivity contribution in [1.82, 2.24) is 30.2 Å². The van der Waals surface area contributed by atoms with E-state index < -0.39 is 6.04 Å². The van der Waals surface area contributed by atoms with E-state index in [0.29, 0.717) is 12.2 Å². The number of nitrogens with zero attached hydrogens (tertiary/aromatic N) is 5. The molecule has 3 heterocycles. The largest absolute Gasteiger partial charge is 0.356 e. The van der Waals surface area contributed by atoms with E-state index in [2.05, 4.69) is 37.7 Å². The summed E-state index contributed by atoms with van der Waals surface area (Å²) in [6, 6.07) is 17.8. The first-order valence-corrected chi connectivity index (χ1v) is 13.5. The number of rotatable bonds is 8. The molecule has 0 bridgehead atoms. The lowest BCUT2D eigenvalue weighted by molar-refractivity contribution is -0.128. The third-order valence-electron chi connectivity index (χ3n) is 7.32. The predicted octanol–water partition coefficient (Wildman–Crippen LogP) is 3.16. The number of carbonyl (C=O) groups is 2. The SMILES string of the molecule is CC(=O)N[C@@H](Cc1ccc(C)cc1)C(=O)NC1CCN(c2c(Cc3ccccc3)c(C)nc3ncnn23)CC1. The molecule has 1 saturated heterocycles. The normalized spacial score (nSPS) is 14.8. The van der Waals surface area contributed by atoms with E-state index >= 15 is 0 Å². The molecule has 5 rings (SSSR count). The van der Waals surface area contributed by atoms with Crippen molar-refractivity contribution in [2.24, 2.45) is 0 Å². The number of aryl methyl sites for hydroxylation is 2.